The van der Waals surface area contributed by atoms with Gasteiger partial charge in [0, 0.05) is 10.6 Å². The molecule has 3 aromatic rings. The fourth-order valence-corrected chi connectivity index (χ4v) is 4.18. The first-order chi connectivity index (χ1) is 14.7. The number of aromatic nitrogens is 1. The maximum Gasteiger partial charge on any atom is 0.284 e. The van der Waals surface area contributed by atoms with Gasteiger partial charge in [-0.2, -0.15) is 5.26 Å². The van der Waals surface area contributed by atoms with E-state index in [0.717, 1.165) is 23.3 Å². The van der Waals surface area contributed by atoms with Gasteiger partial charge in [-0.15, -0.1) is 11.3 Å². The maximum absolute atomic E-state index is 12.4. The van der Waals surface area contributed by atoms with Gasteiger partial charge in [0.15, 0.2) is 5.13 Å². The number of amides is 1. The zero-order valence-electron chi connectivity index (χ0n) is 17.1. The number of thiazole rings is 1. The number of carbonyl (C=O) groups is 1. The van der Waals surface area contributed by atoms with Crippen LogP contribution >= 0.6 is 11.3 Å². The number of carbonyl (C=O) groups excluding carboxylic acids is 1. The first-order valence-electron chi connectivity index (χ1n) is 9.10. The molecular weight excluding hydrogens is 436 g/mol. The molecule has 31 heavy (non-hydrogen) atoms. The molecule has 0 aliphatic rings. The van der Waals surface area contributed by atoms with Gasteiger partial charge in [-0.05, 0) is 48.9 Å². The summed E-state index contributed by atoms with van der Waals surface area (Å²) in [5.74, 6) is -0.0368. The summed E-state index contributed by atoms with van der Waals surface area (Å²) in [6, 6.07) is 16.6. The summed E-state index contributed by atoms with van der Waals surface area (Å²) < 4.78 is 30.0. The third-order valence-electron chi connectivity index (χ3n) is 4.32. The van der Waals surface area contributed by atoms with Crippen LogP contribution in [0.4, 0.5) is 10.8 Å². The van der Waals surface area contributed by atoms with Crippen molar-refractivity contribution in [2.75, 3.05) is 18.3 Å². The summed E-state index contributed by atoms with van der Waals surface area (Å²) >= 11 is 1.28. The number of anilines is 2. The molecule has 1 aromatic heterocycles. The summed E-state index contributed by atoms with van der Waals surface area (Å²) in [7, 11) is -2.11. The largest absolute Gasteiger partial charge is 0.497 e. The zero-order chi connectivity index (χ0) is 22.6. The molecule has 0 aliphatic heterocycles. The lowest BCUT2D eigenvalue weighted by molar-refractivity contribution is 0.0977. The molecule has 0 saturated carbocycles. The molecule has 2 aromatic carbocycles. The van der Waals surface area contributed by atoms with Gasteiger partial charge < -0.3 is 9.64 Å². The third-order valence-corrected chi connectivity index (χ3v) is 5.87. The highest BCUT2D eigenvalue weighted by molar-refractivity contribution is 7.89. The molecule has 0 unspecified atom stereocenters. The number of ether oxygens (including phenoxy) is 1. The molecule has 8 nitrogen and oxygen atoms in total. The molecule has 1 amide bonds. The predicted molar refractivity (Wildman–Crippen MR) is 119 cm³/mol. The summed E-state index contributed by atoms with van der Waals surface area (Å²) in [6.45, 7) is 2.15. The van der Waals surface area contributed by atoms with Crippen LogP contribution < -0.4 is 14.4 Å². The summed E-state index contributed by atoms with van der Waals surface area (Å²) in [5, 5.41) is 9.61. The summed E-state index contributed by atoms with van der Waals surface area (Å²) in [5.41, 5.74) is 2.33. The minimum atomic E-state index is -3.71. The average molecular weight is 457 g/mol. The maximum atomic E-state index is 12.4. The monoisotopic (exact) mass is 456 g/mol. The van der Waals surface area contributed by atoms with Crippen molar-refractivity contribution in [3.63, 3.8) is 0 Å². The Labute approximate surface area is 184 Å². The molecule has 0 aliphatic carbocycles. The Balaban J connectivity index is 2.00. The Kier molecular flexibility index (Phi) is 6.58. The van der Waals surface area contributed by atoms with E-state index in [1.54, 1.807) is 38.3 Å². The summed E-state index contributed by atoms with van der Waals surface area (Å²) in [6.07, 6.45) is 0.917. The molecule has 10 heteroatoms. The normalized spacial score (nSPS) is 10.9. The number of rotatable bonds is 7. The smallest absolute Gasteiger partial charge is 0.284 e. The first kappa shape index (κ1) is 22.3. The van der Waals surface area contributed by atoms with Crippen molar-refractivity contribution >= 4 is 38.1 Å². The van der Waals surface area contributed by atoms with Crippen LogP contribution in [0.25, 0.3) is 0 Å². The van der Waals surface area contributed by atoms with E-state index in [-0.39, 0.29) is 5.69 Å². The lowest BCUT2D eigenvalue weighted by Crippen LogP contribution is -2.30. The van der Waals surface area contributed by atoms with E-state index in [1.165, 1.54) is 11.3 Å². The van der Waals surface area contributed by atoms with Crippen molar-refractivity contribution in [1.29, 1.82) is 5.26 Å². The standard InChI is InChI=1S/C21H20N4O4S2/c1-14-19(20(26)24-31(3,27)28)23-21(30-14)25(17-8-4-15(12-22)5-9-17)13-16-6-10-18(29-2)11-7-16/h4-11H,13H2,1-3H3,(H,24,26). The van der Waals surface area contributed by atoms with Gasteiger partial charge in [-0.1, -0.05) is 12.1 Å². The molecule has 1 heterocycles. The third kappa shape index (κ3) is 5.59. The highest BCUT2D eigenvalue weighted by atomic mass is 32.2. The molecule has 0 bridgehead atoms. The van der Waals surface area contributed by atoms with Gasteiger partial charge in [-0.3, -0.25) is 4.79 Å². The SMILES string of the molecule is COc1ccc(CN(c2ccc(C#N)cc2)c2nc(C(=O)NS(C)(=O)=O)c(C)s2)cc1. The van der Waals surface area contributed by atoms with Gasteiger partial charge in [0.2, 0.25) is 10.0 Å². The van der Waals surface area contributed by atoms with Gasteiger partial charge in [0.05, 0.1) is 31.5 Å². The number of methoxy groups -OCH3 is 1. The van der Waals surface area contributed by atoms with Crippen LogP contribution in [0, 0.1) is 18.3 Å². The fourth-order valence-electron chi connectivity index (χ4n) is 2.82. The molecule has 0 spiro atoms. The molecule has 0 saturated heterocycles. The van der Waals surface area contributed by atoms with E-state index in [9.17, 15) is 13.2 Å². The average Bonchev–Trinajstić information content (AvgIpc) is 3.13. The van der Waals surface area contributed by atoms with E-state index in [2.05, 4.69) is 11.1 Å². The number of aryl methyl sites for hydroxylation is 1. The van der Waals surface area contributed by atoms with E-state index in [1.807, 2.05) is 33.9 Å². The van der Waals surface area contributed by atoms with Gasteiger partial charge in [0.25, 0.3) is 5.91 Å². The Bertz CT molecular complexity index is 1230. The molecule has 0 radical (unpaired) electrons. The predicted octanol–water partition coefficient (Wildman–Crippen LogP) is 3.36. The Hall–Kier alpha value is -3.42. The molecule has 160 valence electrons. The Morgan fingerprint density at radius 2 is 1.84 bits per heavy atom. The van der Waals surface area contributed by atoms with Crippen LogP contribution in [-0.4, -0.2) is 32.7 Å². The van der Waals surface area contributed by atoms with Gasteiger partial charge in [0.1, 0.15) is 11.4 Å². The number of benzene rings is 2. The van der Waals surface area contributed by atoms with Crippen LogP contribution in [0.15, 0.2) is 48.5 Å². The minimum absolute atomic E-state index is 0.0544. The zero-order valence-corrected chi connectivity index (χ0v) is 18.8. The second-order valence-electron chi connectivity index (χ2n) is 6.70. The number of hydrogen-bond acceptors (Lipinski definition) is 8. The Morgan fingerprint density at radius 1 is 1.19 bits per heavy atom. The van der Waals surface area contributed by atoms with Crippen molar-refractivity contribution in [3.8, 4) is 11.8 Å². The molecule has 1 N–H and O–H groups in total. The van der Waals surface area contributed by atoms with Crippen molar-refractivity contribution in [2.24, 2.45) is 0 Å². The van der Waals surface area contributed by atoms with Crippen molar-refractivity contribution in [1.82, 2.24) is 9.71 Å². The second kappa shape index (κ2) is 9.16. The first-order valence-corrected chi connectivity index (χ1v) is 11.8. The van der Waals surface area contributed by atoms with E-state index in [0.29, 0.717) is 22.1 Å². The lowest BCUT2D eigenvalue weighted by atomic mass is 10.1. The van der Waals surface area contributed by atoms with Crippen molar-refractivity contribution in [3.05, 3.63) is 70.2 Å². The highest BCUT2D eigenvalue weighted by Crippen LogP contribution is 2.33. The van der Waals surface area contributed by atoms with Crippen molar-refractivity contribution in [2.45, 2.75) is 13.5 Å². The highest BCUT2D eigenvalue weighted by Gasteiger charge is 2.22. The van der Waals surface area contributed by atoms with Crippen LogP contribution in [0.5, 0.6) is 5.75 Å². The number of sulfonamides is 1. The van der Waals surface area contributed by atoms with E-state index < -0.39 is 15.9 Å². The summed E-state index contributed by atoms with van der Waals surface area (Å²) in [4.78, 5) is 19.3. The van der Waals surface area contributed by atoms with Gasteiger partial charge in [-0.25, -0.2) is 18.1 Å². The molecular formula is C21H20N4O4S2. The second-order valence-corrected chi connectivity index (χ2v) is 9.63. The molecule has 0 fully saturated rings. The molecule has 0 atom stereocenters. The van der Waals surface area contributed by atoms with Crippen LogP contribution in [0.2, 0.25) is 0 Å². The number of nitrogens with zero attached hydrogens (tertiary/aromatic N) is 3. The van der Waals surface area contributed by atoms with E-state index in [4.69, 9.17) is 10.00 Å². The topological polar surface area (TPSA) is 112 Å². The lowest BCUT2D eigenvalue weighted by Gasteiger charge is -2.22. The van der Waals surface area contributed by atoms with Crippen LogP contribution in [0.3, 0.4) is 0 Å². The van der Waals surface area contributed by atoms with Gasteiger partial charge >= 0.3 is 0 Å². The molecule has 3 rings (SSSR count). The fraction of sp³-hybridized carbons (Fsp3) is 0.190. The number of nitrogens with one attached hydrogen (secondary N) is 1. The quantitative estimate of drug-likeness (QED) is 0.580. The number of nitriles is 1. The van der Waals surface area contributed by atoms with Crippen LogP contribution in [-0.2, 0) is 16.6 Å². The number of hydrogen-bond donors (Lipinski definition) is 1. The Morgan fingerprint density at radius 3 is 2.39 bits per heavy atom. The van der Waals surface area contributed by atoms with Crippen molar-refractivity contribution < 1.29 is 17.9 Å². The van der Waals surface area contributed by atoms with E-state index >= 15 is 0 Å². The van der Waals surface area contributed by atoms with Crippen LogP contribution in [0.1, 0.15) is 26.5 Å². The minimum Gasteiger partial charge on any atom is -0.497 e.